The van der Waals surface area contributed by atoms with Crippen LogP contribution in [0.1, 0.15) is 56.1 Å². The van der Waals surface area contributed by atoms with E-state index in [1.165, 1.54) is 6.42 Å². The summed E-state index contributed by atoms with van der Waals surface area (Å²) in [5, 5.41) is 3.04. The van der Waals surface area contributed by atoms with Crippen molar-refractivity contribution in [3.63, 3.8) is 0 Å². The highest BCUT2D eigenvalue weighted by Crippen LogP contribution is 2.25. The Labute approximate surface area is 121 Å². The highest BCUT2D eigenvalue weighted by molar-refractivity contribution is 5.95. The third-order valence-corrected chi connectivity index (χ3v) is 4.17. The summed E-state index contributed by atoms with van der Waals surface area (Å²) in [5.41, 5.74) is 1.71. The fraction of sp³-hybridized carbons (Fsp3) is 0.625. The summed E-state index contributed by atoms with van der Waals surface area (Å²) in [4.78, 5) is 19.3. The van der Waals surface area contributed by atoms with Crippen LogP contribution in [0.3, 0.4) is 0 Å². The molecule has 0 spiro atoms. The molecule has 1 aromatic heterocycles. The van der Waals surface area contributed by atoms with Crippen LogP contribution >= 0.6 is 0 Å². The van der Waals surface area contributed by atoms with Crippen LogP contribution in [0.15, 0.2) is 12.1 Å². The Balaban J connectivity index is 2.32. The average Bonchev–Trinajstić information content (AvgIpc) is 2.46. The molecule has 0 aliphatic carbocycles. The number of nitrogens with zero attached hydrogens (tertiary/aromatic N) is 2. The number of likely N-dealkylation sites (tertiary alicyclic amines) is 1. The molecule has 0 radical (unpaired) electrons. The minimum absolute atomic E-state index is 0.137. The minimum Gasteiger partial charge on any atom is -0.373 e. The smallest absolute Gasteiger partial charge is 0.254 e. The lowest BCUT2D eigenvalue weighted by atomic mass is 9.96. The number of pyridine rings is 1. The predicted molar refractivity (Wildman–Crippen MR) is 82.1 cm³/mol. The predicted octanol–water partition coefficient (Wildman–Crippen LogP) is 3.09. The number of rotatable bonds is 3. The Kier molecular flexibility index (Phi) is 4.63. The van der Waals surface area contributed by atoms with Crippen LogP contribution in [0.25, 0.3) is 0 Å². The zero-order chi connectivity index (χ0) is 14.7. The molecule has 1 N–H and O–H groups in total. The summed E-state index contributed by atoms with van der Waals surface area (Å²) in [5.74, 6) is 0.906. The van der Waals surface area contributed by atoms with Crippen LogP contribution in [0, 0.1) is 0 Å². The standard InChI is InChI=1S/C16H25N3O/c1-5-14-9-13(10-15(17-4)18-14)16(20)19-11(2)7-6-8-12(19)3/h9-12H,5-8H2,1-4H3,(H,17,18)/t11-,12+. The molecule has 20 heavy (non-hydrogen) atoms. The number of anilines is 1. The molecule has 4 nitrogen and oxygen atoms in total. The summed E-state index contributed by atoms with van der Waals surface area (Å²) in [6.07, 6.45) is 4.24. The van der Waals surface area contributed by atoms with Crippen LogP contribution in [0.4, 0.5) is 5.82 Å². The SMILES string of the molecule is CCc1cc(C(=O)N2[C@H](C)CCC[C@@H]2C)cc(NC)n1. The zero-order valence-electron chi connectivity index (χ0n) is 12.9. The summed E-state index contributed by atoms with van der Waals surface area (Å²) >= 11 is 0. The number of hydrogen-bond donors (Lipinski definition) is 1. The number of aryl methyl sites for hydroxylation is 1. The maximum atomic E-state index is 12.8. The van der Waals surface area contributed by atoms with Gasteiger partial charge in [-0.2, -0.15) is 0 Å². The highest BCUT2D eigenvalue weighted by atomic mass is 16.2. The van der Waals surface area contributed by atoms with E-state index in [0.29, 0.717) is 12.1 Å². The second kappa shape index (κ2) is 6.25. The molecule has 0 saturated carbocycles. The van der Waals surface area contributed by atoms with Gasteiger partial charge in [-0.25, -0.2) is 4.98 Å². The molecule has 1 aliphatic rings. The molecular formula is C16H25N3O. The van der Waals surface area contributed by atoms with Crippen LogP contribution in [0.2, 0.25) is 0 Å². The van der Waals surface area contributed by atoms with Crippen LogP contribution in [-0.2, 0) is 6.42 Å². The van der Waals surface area contributed by atoms with Gasteiger partial charge in [0.05, 0.1) is 0 Å². The van der Waals surface area contributed by atoms with Gasteiger partial charge in [-0.15, -0.1) is 0 Å². The van der Waals surface area contributed by atoms with Gasteiger partial charge in [-0.1, -0.05) is 6.92 Å². The number of aromatic nitrogens is 1. The zero-order valence-corrected chi connectivity index (χ0v) is 12.9. The van der Waals surface area contributed by atoms with Crippen LogP contribution < -0.4 is 5.32 Å². The molecule has 0 aromatic carbocycles. The van der Waals surface area contributed by atoms with Crippen molar-refractivity contribution < 1.29 is 4.79 Å². The van der Waals surface area contributed by atoms with E-state index >= 15 is 0 Å². The second-order valence-corrected chi connectivity index (χ2v) is 5.68. The van der Waals surface area contributed by atoms with Gasteiger partial charge in [0.2, 0.25) is 0 Å². The van der Waals surface area contributed by atoms with Crippen molar-refractivity contribution in [3.05, 3.63) is 23.4 Å². The summed E-state index contributed by atoms with van der Waals surface area (Å²) in [6, 6.07) is 4.43. The summed E-state index contributed by atoms with van der Waals surface area (Å²) < 4.78 is 0. The van der Waals surface area contributed by atoms with Crippen molar-refractivity contribution in [2.24, 2.45) is 0 Å². The van der Waals surface area contributed by atoms with Crippen molar-refractivity contribution in [2.45, 2.75) is 58.5 Å². The topological polar surface area (TPSA) is 45.2 Å². The minimum atomic E-state index is 0.137. The number of nitrogens with one attached hydrogen (secondary N) is 1. The van der Waals surface area contributed by atoms with E-state index in [1.807, 2.05) is 24.1 Å². The fourth-order valence-corrected chi connectivity index (χ4v) is 2.99. The number of carbonyl (C=O) groups excluding carboxylic acids is 1. The first-order chi connectivity index (χ1) is 9.56. The van der Waals surface area contributed by atoms with Gasteiger partial charge in [0.1, 0.15) is 5.82 Å². The molecule has 0 bridgehead atoms. The van der Waals surface area contributed by atoms with E-state index < -0.39 is 0 Å². The van der Waals surface area contributed by atoms with Crippen molar-refractivity contribution in [1.29, 1.82) is 0 Å². The third-order valence-electron chi connectivity index (χ3n) is 4.17. The second-order valence-electron chi connectivity index (χ2n) is 5.68. The Hall–Kier alpha value is -1.58. The molecule has 110 valence electrons. The van der Waals surface area contributed by atoms with Crippen LogP contribution in [-0.4, -0.2) is 34.9 Å². The third kappa shape index (κ3) is 2.94. The van der Waals surface area contributed by atoms with Gasteiger partial charge >= 0.3 is 0 Å². The molecule has 2 heterocycles. The fourth-order valence-electron chi connectivity index (χ4n) is 2.99. The first-order valence-electron chi connectivity index (χ1n) is 7.58. The Bertz CT molecular complexity index is 454. The highest BCUT2D eigenvalue weighted by Gasteiger charge is 2.29. The van der Waals surface area contributed by atoms with E-state index in [0.717, 1.165) is 36.3 Å². The van der Waals surface area contributed by atoms with Crippen molar-refractivity contribution in [3.8, 4) is 0 Å². The van der Waals surface area contributed by atoms with E-state index in [4.69, 9.17) is 0 Å². The van der Waals surface area contributed by atoms with Gasteiger partial charge in [-0.05, 0) is 51.7 Å². The molecular weight excluding hydrogens is 250 g/mol. The molecule has 4 heteroatoms. The maximum Gasteiger partial charge on any atom is 0.254 e. The Morgan fingerprint density at radius 1 is 1.35 bits per heavy atom. The first-order valence-corrected chi connectivity index (χ1v) is 7.58. The molecule has 2 atom stereocenters. The monoisotopic (exact) mass is 275 g/mol. The lowest BCUT2D eigenvalue weighted by Crippen LogP contribution is -2.47. The van der Waals surface area contributed by atoms with Crippen LogP contribution in [0.5, 0.6) is 0 Å². The number of piperidine rings is 1. The van der Waals surface area contributed by atoms with E-state index in [2.05, 4.69) is 31.1 Å². The van der Waals surface area contributed by atoms with Gasteiger partial charge < -0.3 is 10.2 Å². The summed E-state index contributed by atoms with van der Waals surface area (Å²) in [7, 11) is 1.84. The molecule has 1 saturated heterocycles. The molecule has 1 amide bonds. The van der Waals surface area contributed by atoms with E-state index in [9.17, 15) is 4.79 Å². The van der Waals surface area contributed by atoms with E-state index in [-0.39, 0.29) is 5.91 Å². The normalized spacial score (nSPS) is 22.7. The summed E-state index contributed by atoms with van der Waals surface area (Å²) in [6.45, 7) is 6.35. The number of amides is 1. The maximum absolute atomic E-state index is 12.8. The first kappa shape index (κ1) is 14.8. The van der Waals surface area contributed by atoms with Gasteiger partial charge in [0, 0.05) is 30.4 Å². The largest absolute Gasteiger partial charge is 0.373 e. The number of hydrogen-bond acceptors (Lipinski definition) is 3. The van der Waals surface area contributed by atoms with E-state index in [1.54, 1.807) is 0 Å². The lowest BCUT2D eigenvalue weighted by Gasteiger charge is -2.39. The molecule has 1 aliphatic heterocycles. The Morgan fingerprint density at radius 2 is 2.00 bits per heavy atom. The van der Waals surface area contributed by atoms with Crippen molar-refractivity contribution in [2.75, 3.05) is 12.4 Å². The van der Waals surface area contributed by atoms with Crippen molar-refractivity contribution >= 4 is 11.7 Å². The average molecular weight is 275 g/mol. The Morgan fingerprint density at radius 3 is 2.55 bits per heavy atom. The molecule has 1 aromatic rings. The molecule has 0 unspecified atom stereocenters. The lowest BCUT2D eigenvalue weighted by molar-refractivity contribution is 0.0510. The molecule has 1 fully saturated rings. The van der Waals surface area contributed by atoms with Crippen molar-refractivity contribution in [1.82, 2.24) is 9.88 Å². The van der Waals surface area contributed by atoms with Gasteiger partial charge in [0.15, 0.2) is 0 Å². The molecule has 2 rings (SSSR count). The van der Waals surface area contributed by atoms with Gasteiger partial charge in [0.25, 0.3) is 5.91 Å². The number of carbonyl (C=O) groups is 1. The quantitative estimate of drug-likeness (QED) is 0.922. The van der Waals surface area contributed by atoms with Gasteiger partial charge in [-0.3, -0.25) is 4.79 Å².